The number of amides is 1. The highest BCUT2D eigenvalue weighted by molar-refractivity contribution is 5.68. The van der Waals surface area contributed by atoms with Crippen LogP contribution in [0.1, 0.15) is 184 Å². The standard InChI is InChI=1S/C36H49NO3.C27H41NO2.C2H6/c1-22-13-15-35(5)27(17-22)11-12-29-28-14-16-36(24(3)30(28)19-31(29)35)25(4)33-32(40-36)18-23(2)20-37(33)34(38)39-21-26-9-7-6-8-10-26;1-15-11-24-25(28-14-15)17(3)27(30-24)10-8-20-21-6-5-18-12-19(29)7-9-26(18,4)23(21)13-22(20)16(27)2;1-2/h6-11,22-23,25,28-29,31-33H,12-21H2,1-5H3;5,15,17,19-21,23-25,28-29H,6-14H2,1-4H3;1-2H3/t22-,23-,25+,28-,29-,31-,32+,33-,35-,36-;15-,17+,19-,20-,21-,23-,24+,25-,26-,27-;/m00./s1. The zero-order chi connectivity index (χ0) is 50.6. The molecule has 4 saturated carbocycles. The quantitative estimate of drug-likeness (QED) is 0.287. The van der Waals surface area contributed by atoms with Crippen LogP contribution in [-0.2, 0) is 20.8 Å². The van der Waals surface area contributed by atoms with Crippen LogP contribution < -0.4 is 5.32 Å². The van der Waals surface area contributed by atoms with Crippen LogP contribution in [0, 0.1) is 75.9 Å². The first-order valence-electron chi connectivity index (χ1n) is 30.1. The van der Waals surface area contributed by atoms with Gasteiger partial charge in [-0.2, -0.15) is 0 Å². The first-order chi connectivity index (χ1) is 34.5. The fraction of sp³-hybridized carbons (Fsp3) is 0.769. The van der Waals surface area contributed by atoms with Crippen molar-refractivity contribution < 1.29 is 24.1 Å². The van der Waals surface area contributed by atoms with E-state index < -0.39 is 0 Å². The molecule has 1 aromatic carbocycles. The number of nitrogens with zero attached hydrogens (tertiary/aromatic N) is 1. The number of hydrogen-bond acceptors (Lipinski definition) is 6. The molecular weight excluding hydrogens is 889 g/mol. The molecule has 1 aromatic rings. The number of likely N-dealkylation sites (tertiary alicyclic amines) is 1. The number of allylic oxidation sites excluding steroid dienone is 5. The SMILES string of the molecule is CC.CC1=C2C[C@H]3[C@@H](CC=C4C[C@@H](C)CC[C@@]43C)[C@@H]2CC[C@]12O[C@@H]1C[C@H](C)CN(C(=O)OCc3ccccc3)[C@H]1[C@H]2C.CC1=C2C[C@H]3[C@@H](CC=C4C[C@@H](O)CC[C@@]43C)[C@@H]2CC[C@]12O[C@@H]1C[C@H](C)CN[C@H]1[C@H]2C. The number of fused-ring (bicyclic) bond motifs is 12. The molecule has 4 saturated heterocycles. The lowest BCUT2D eigenvalue weighted by Crippen LogP contribution is -2.54. The normalized spacial score (nSPS) is 47.5. The molecule has 4 aliphatic heterocycles. The van der Waals surface area contributed by atoms with E-state index in [0.29, 0.717) is 47.3 Å². The van der Waals surface area contributed by atoms with Crippen molar-refractivity contribution in [3.63, 3.8) is 0 Å². The molecule has 0 radical (unpaired) electrons. The van der Waals surface area contributed by atoms with Crippen LogP contribution in [-0.4, -0.2) is 70.8 Å². The molecule has 0 aromatic heterocycles. The zero-order valence-corrected chi connectivity index (χ0v) is 46.7. The van der Waals surface area contributed by atoms with Crippen molar-refractivity contribution in [2.24, 2.45) is 75.9 Å². The van der Waals surface area contributed by atoms with Gasteiger partial charge < -0.3 is 29.5 Å². The summed E-state index contributed by atoms with van der Waals surface area (Å²) >= 11 is 0. The van der Waals surface area contributed by atoms with E-state index in [9.17, 15) is 9.90 Å². The van der Waals surface area contributed by atoms with Gasteiger partial charge in [-0.1, -0.05) is 127 Å². The lowest BCUT2D eigenvalue weighted by atomic mass is 9.55. The van der Waals surface area contributed by atoms with E-state index >= 15 is 0 Å². The number of rotatable bonds is 2. The third kappa shape index (κ3) is 8.08. The summed E-state index contributed by atoms with van der Waals surface area (Å²) in [6.45, 7) is 28.1. The molecule has 4 heterocycles. The van der Waals surface area contributed by atoms with Gasteiger partial charge in [0.2, 0.25) is 0 Å². The highest BCUT2D eigenvalue weighted by Crippen LogP contribution is 2.67. The maximum atomic E-state index is 13.5. The van der Waals surface area contributed by atoms with Gasteiger partial charge in [0.05, 0.1) is 35.6 Å². The first-order valence-corrected chi connectivity index (χ1v) is 30.1. The van der Waals surface area contributed by atoms with E-state index in [2.05, 4.69) is 79.8 Å². The maximum absolute atomic E-state index is 13.5. The van der Waals surface area contributed by atoms with Crippen LogP contribution >= 0.6 is 0 Å². The molecule has 7 nitrogen and oxygen atoms in total. The number of aliphatic hydroxyl groups is 1. The van der Waals surface area contributed by atoms with Crippen molar-refractivity contribution in [3.05, 3.63) is 81.5 Å². The minimum absolute atomic E-state index is 0.0222. The fourth-order valence-electron chi connectivity index (χ4n) is 19.6. The van der Waals surface area contributed by atoms with Crippen molar-refractivity contribution in [3.8, 4) is 0 Å². The van der Waals surface area contributed by atoms with E-state index in [-0.39, 0.29) is 41.5 Å². The summed E-state index contributed by atoms with van der Waals surface area (Å²) in [7, 11) is 0. The molecular formula is C65H96N2O5. The second kappa shape index (κ2) is 19.4. The average molecular weight is 985 g/mol. The summed E-state index contributed by atoms with van der Waals surface area (Å²) in [6.07, 6.45) is 24.7. The van der Waals surface area contributed by atoms with Gasteiger partial charge in [-0.25, -0.2) is 4.79 Å². The Labute approximate surface area is 436 Å². The Morgan fingerprint density at radius 1 is 0.708 bits per heavy atom. The van der Waals surface area contributed by atoms with Crippen LogP contribution in [0.2, 0.25) is 0 Å². The van der Waals surface area contributed by atoms with E-state index in [1.165, 1.54) is 82.6 Å². The fourth-order valence-corrected chi connectivity index (χ4v) is 19.6. The summed E-state index contributed by atoms with van der Waals surface area (Å²) in [6, 6.07) is 10.6. The Hall–Kier alpha value is -2.71. The van der Waals surface area contributed by atoms with Crippen molar-refractivity contribution >= 4 is 6.09 Å². The predicted octanol–water partition coefficient (Wildman–Crippen LogP) is 14.4. The Bertz CT molecular complexity index is 2330. The van der Waals surface area contributed by atoms with Gasteiger partial charge in [-0.15, -0.1) is 0 Å². The van der Waals surface area contributed by atoms with Crippen molar-refractivity contribution in [1.29, 1.82) is 0 Å². The second-order valence-electron chi connectivity index (χ2n) is 27.0. The average Bonchev–Trinajstić information content (AvgIpc) is 4.11. The number of ether oxygens (including phenoxy) is 3. The zero-order valence-electron chi connectivity index (χ0n) is 46.7. The molecule has 0 bridgehead atoms. The molecule has 7 heteroatoms. The van der Waals surface area contributed by atoms with Crippen LogP contribution in [0.5, 0.6) is 0 Å². The summed E-state index contributed by atoms with van der Waals surface area (Å²) in [4.78, 5) is 15.6. The van der Waals surface area contributed by atoms with Crippen LogP contribution in [0.15, 0.2) is 75.9 Å². The number of nitrogens with one attached hydrogen (secondary N) is 1. The molecule has 8 fully saturated rings. The number of aliphatic hydroxyl groups excluding tert-OH is 1. The molecule has 2 spiro atoms. The summed E-state index contributed by atoms with van der Waals surface area (Å²) in [5.74, 6) is 7.46. The Kier molecular flexibility index (Phi) is 13.8. The van der Waals surface area contributed by atoms with Gasteiger partial charge in [0, 0.05) is 24.4 Å². The maximum Gasteiger partial charge on any atom is 0.410 e. The van der Waals surface area contributed by atoms with Gasteiger partial charge in [0.1, 0.15) is 6.61 Å². The minimum Gasteiger partial charge on any atom is -0.445 e. The van der Waals surface area contributed by atoms with Gasteiger partial charge >= 0.3 is 6.09 Å². The minimum atomic E-state index is -0.241. The molecule has 8 aliphatic carbocycles. The highest BCUT2D eigenvalue weighted by Gasteiger charge is 2.64. The van der Waals surface area contributed by atoms with Crippen LogP contribution in [0.3, 0.4) is 0 Å². The number of carbonyl (C=O) groups excluding carboxylic acids is 1. The highest BCUT2D eigenvalue weighted by atomic mass is 16.6. The Morgan fingerprint density at radius 3 is 1.92 bits per heavy atom. The third-order valence-electron chi connectivity index (χ3n) is 23.6. The first kappa shape index (κ1) is 51.4. The molecule has 12 aliphatic rings. The van der Waals surface area contributed by atoms with E-state index in [0.717, 1.165) is 85.8 Å². The second-order valence-corrected chi connectivity index (χ2v) is 27.0. The Balaban J connectivity index is 0.000000156. The lowest BCUT2D eigenvalue weighted by Gasteiger charge is -2.49. The van der Waals surface area contributed by atoms with Crippen molar-refractivity contribution in [2.45, 2.75) is 227 Å². The molecule has 13 rings (SSSR count). The number of benzene rings is 1. The largest absolute Gasteiger partial charge is 0.445 e. The van der Waals surface area contributed by atoms with E-state index in [1.807, 2.05) is 49.1 Å². The topological polar surface area (TPSA) is 80.3 Å². The molecule has 2 N–H and O–H groups in total. The summed E-state index contributed by atoms with van der Waals surface area (Å²) in [5, 5.41) is 14.1. The monoisotopic (exact) mass is 985 g/mol. The van der Waals surface area contributed by atoms with Gasteiger partial charge in [0.25, 0.3) is 0 Å². The third-order valence-corrected chi connectivity index (χ3v) is 23.6. The smallest absolute Gasteiger partial charge is 0.410 e. The van der Waals surface area contributed by atoms with Crippen LogP contribution in [0.25, 0.3) is 0 Å². The lowest BCUT2D eigenvalue weighted by molar-refractivity contribution is -0.0638. The van der Waals surface area contributed by atoms with Crippen molar-refractivity contribution in [1.82, 2.24) is 10.2 Å². The van der Waals surface area contributed by atoms with Gasteiger partial charge in [-0.3, -0.25) is 0 Å². The number of piperidine rings is 2. The van der Waals surface area contributed by atoms with Gasteiger partial charge in [0.15, 0.2) is 0 Å². The molecule has 72 heavy (non-hydrogen) atoms. The summed E-state index contributed by atoms with van der Waals surface area (Å²) < 4.78 is 20.1. The van der Waals surface area contributed by atoms with Gasteiger partial charge in [-0.05, 0) is 204 Å². The van der Waals surface area contributed by atoms with Crippen molar-refractivity contribution in [2.75, 3.05) is 13.1 Å². The molecule has 20 atom stereocenters. The van der Waals surface area contributed by atoms with E-state index in [1.54, 1.807) is 27.9 Å². The molecule has 1 amide bonds. The van der Waals surface area contributed by atoms with Crippen LogP contribution in [0.4, 0.5) is 4.79 Å². The molecule has 396 valence electrons. The Morgan fingerprint density at radius 2 is 1.28 bits per heavy atom. The predicted molar refractivity (Wildman–Crippen MR) is 290 cm³/mol. The molecule has 0 unspecified atom stereocenters. The summed E-state index contributed by atoms with van der Waals surface area (Å²) in [5.41, 5.74) is 11.5. The number of carbonyl (C=O) groups is 1. The number of hydrogen-bond donors (Lipinski definition) is 2. The van der Waals surface area contributed by atoms with E-state index in [4.69, 9.17) is 14.2 Å².